The van der Waals surface area contributed by atoms with Crippen LogP contribution in [0.1, 0.15) is 47.3 Å². The molecule has 2 fully saturated rings. The molecule has 2 N–H and O–H groups in total. The number of nitrogens with one attached hydrogen (secondary N) is 2. The smallest absolute Gasteiger partial charge is 0.255 e. The van der Waals surface area contributed by atoms with Crippen molar-refractivity contribution in [3.05, 3.63) is 121 Å². The van der Waals surface area contributed by atoms with E-state index in [0.29, 0.717) is 53.7 Å². The number of rotatable bonds is 10. The Balaban J connectivity index is 0.694. The summed E-state index contributed by atoms with van der Waals surface area (Å²) in [4.78, 5) is 58.2. The van der Waals surface area contributed by atoms with Gasteiger partial charge in [0.05, 0.1) is 6.20 Å². The van der Waals surface area contributed by atoms with Gasteiger partial charge in [-0.1, -0.05) is 24.6 Å². The predicted molar refractivity (Wildman–Crippen MR) is 217 cm³/mol. The van der Waals surface area contributed by atoms with Gasteiger partial charge in [0.15, 0.2) is 0 Å². The summed E-state index contributed by atoms with van der Waals surface area (Å²) in [5.41, 5.74) is 7.35. The van der Waals surface area contributed by atoms with E-state index < -0.39 is 6.04 Å². The predicted octanol–water partition coefficient (Wildman–Crippen LogP) is 5.94. The first-order valence-electron chi connectivity index (χ1n) is 19.1. The number of ether oxygens (including phenoxy) is 3. The van der Waals surface area contributed by atoms with Crippen LogP contribution in [0.4, 0.5) is 5.69 Å². The van der Waals surface area contributed by atoms with Crippen molar-refractivity contribution in [1.82, 2.24) is 30.2 Å². The third-order valence-electron chi connectivity index (χ3n) is 10.8. The lowest BCUT2D eigenvalue weighted by Crippen LogP contribution is -2.49. The van der Waals surface area contributed by atoms with Crippen molar-refractivity contribution >= 4 is 45.2 Å². The Hall–Kier alpha value is -7.04. The Labute approximate surface area is 334 Å². The zero-order valence-corrected chi connectivity index (χ0v) is 31.7. The van der Waals surface area contributed by atoms with Gasteiger partial charge in [-0.3, -0.25) is 19.4 Å². The van der Waals surface area contributed by atoms with E-state index >= 15 is 0 Å². The monoisotopic (exact) mass is 773 g/mol. The van der Waals surface area contributed by atoms with Crippen LogP contribution in [0.2, 0.25) is 0 Å². The lowest BCUT2D eigenvalue weighted by molar-refractivity contribution is -0.126. The molecule has 13 heteroatoms. The molecule has 1 saturated carbocycles. The summed E-state index contributed by atoms with van der Waals surface area (Å²) in [5.74, 6) is 6.42. The minimum absolute atomic E-state index is 0.0188. The average molecular weight is 774 g/mol. The molecule has 58 heavy (non-hydrogen) atoms. The van der Waals surface area contributed by atoms with Gasteiger partial charge in [-0.25, -0.2) is 9.97 Å². The molecule has 1 unspecified atom stereocenters. The number of hydrogen-bond donors (Lipinski definition) is 2. The number of carbonyl (C=O) groups is 3. The Bertz CT molecular complexity index is 2640. The normalized spacial score (nSPS) is 18.6. The van der Waals surface area contributed by atoms with Gasteiger partial charge in [0.2, 0.25) is 11.8 Å². The Morgan fingerprint density at radius 2 is 1.79 bits per heavy atom. The first kappa shape index (κ1) is 36.6. The van der Waals surface area contributed by atoms with E-state index in [0.717, 1.165) is 51.3 Å². The number of amides is 3. The fourth-order valence-electron chi connectivity index (χ4n) is 7.55. The lowest BCUT2D eigenvalue weighted by Gasteiger charge is -2.34. The van der Waals surface area contributed by atoms with Gasteiger partial charge in [0, 0.05) is 95.4 Å². The first-order valence-corrected chi connectivity index (χ1v) is 19.1. The zero-order valence-electron chi connectivity index (χ0n) is 31.7. The highest BCUT2D eigenvalue weighted by Crippen LogP contribution is 2.33. The van der Waals surface area contributed by atoms with Crippen LogP contribution in [0.25, 0.3) is 32.9 Å². The SMILES string of the molecule is C=C1CCC(N2Cc3cc(N(C)C(=O)COCC#Cc4ccc(OC5CC(Oc6ccc(-c7ccc8c(c7)[nH]c7ccncc78)cn6)C5)cn4)ccc3C2=O)C(=O)N1. The van der Waals surface area contributed by atoms with Crippen LogP contribution in [0.3, 0.4) is 0 Å². The molecular weight excluding hydrogens is 735 g/mol. The van der Waals surface area contributed by atoms with Crippen LogP contribution >= 0.6 is 0 Å². The molecule has 1 aliphatic carbocycles. The number of benzene rings is 2. The van der Waals surface area contributed by atoms with Crippen molar-refractivity contribution in [2.45, 2.75) is 50.5 Å². The van der Waals surface area contributed by atoms with Crippen molar-refractivity contribution in [3.8, 4) is 34.6 Å². The first-order chi connectivity index (χ1) is 28.3. The summed E-state index contributed by atoms with van der Waals surface area (Å²) in [6.45, 7) is 3.99. The number of allylic oxidation sites excluding steroid dienone is 1. The van der Waals surface area contributed by atoms with E-state index in [1.54, 1.807) is 42.5 Å². The molecular formula is C45H39N7O6. The maximum Gasteiger partial charge on any atom is 0.255 e. The minimum atomic E-state index is -0.542. The molecule has 2 aliphatic heterocycles. The topological polar surface area (TPSA) is 152 Å². The quantitative estimate of drug-likeness (QED) is 0.127. The van der Waals surface area contributed by atoms with Gasteiger partial charge < -0.3 is 34.3 Å². The van der Waals surface area contributed by atoms with Gasteiger partial charge in [-0.15, -0.1) is 0 Å². The number of aromatic amines is 1. The number of carbonyl (C=O) groups excluding carboxylic acids is 3. The van der Waals surface area contributed by atoms with Gasteiger partial charge in [-0.2, -0.15) is 0 Å². The number of nitrogens with zero attached hydrogens (tertiary/aromatic N) is 5. The van der Waals surface area contributed by atoms with Crippen LogP contribution in [-0.4, -0.2) is 81.1 Å². The summed E-state index contributed by atoms with van der Waals surface area (Å²) in [5, 5.41) is 4.99. The molecule has 290 valence electrons. The second-order valence-electron chi connectivity index (χ2n) is 14.7. The van der Waals surface area contributed by atoms with Crippen LogP contribution in [-0.2, 0) is 20.9 Å². The van der Waals surface area contributed by atoms with E-state index in [1.807, 2.05) is 42.7 Å². The molecule has 2 aromatic carbocycles. The number of piperidine rings is 1. The third-order valence-corrected chi connectivity index (χ3v) is 10.8. The van der Waals surface area contributed by atoms with E-state index in [1.165, 1.54) is 4.90 Å². The van der Waals surface area contributed by atoms with Crippen molar-refractivity contribution in [3.63, 3.8) is 0 Å². The molecule has 9 rings (SSSR count). The number of fused-ring (bicyclic) bond motifs is 4. The second kappa shape index (κ2) is 15.5. The molecule has 3 aliphatic rings. The van der Waals surface area contributed by atoms with Crippen molar-refractivity contribution in [2.24, 2.45) is 0 Å². The Kier molecular flexibility index (Phi) is 9.76. The highest BCUT2D eigenvalue weighted by atomic mass is 16.5. The van der Waals surface area contributed by atoms with Crippen LogP contribution in [0.15, 0.2) is 104 Å². The number of likely N-dealkylation sites (N-methyl/N-ethyl adjacent to an activating group) is 1. The van der Waals surface area contributed by atoms with Crippen molar-refractivity contribution in [2.75, 3.05) is 25.2 Å². The highest BCUT2D eigenvalue weighted by Gasteiger charge is 2.38. The van der Waals surface area contributed by atoms with E-state index in [4.69, 9.17) is 14.2 Å². The van der Waals surface area contributed by atoms with E-state index in [2.05, 4.69) is 61.9 Å². The third kappa shape index (κ3) is 7.45. The second-order valence-corrected chi connectivity index (χ2v) is 14.7. The van der Waals surface area contributed by atoms with E-state index in [9.17, 15) is 14.4 Å². The molecule has 6 aromatic rings. The number of aromatic nitrogens is 4. The maximum atomic E-state index is 13.0. The number of H-pyrrole nitrogens is 1. The van der Waals surface area contributed by atoms with Crippen LogP contribution < -0.4 is 19.7 Å². The summed E-state index contributed by atoms with van der Waals surface area (Å²) >= 11 is 0. The van der Waals surface area contributed by atoms with Crippen molar-refractivity contribution in [1.29, 1.82) is 0 Å². The Morgan fingerprint density at radius 3 is 2.60 bits per heavy atom. The van der Waals surface area contributed by atoms with Gasteiger partial charge in [0.25, 0.3) is 11.8 Å². The lowest BCUT2D eigenvalue weighted by atomic mass is 9.92. The van der Waals surface area contributed by atoms with Gasteiger partial charge in [0.1, 0.15) is 42.9 Å². The highest BCUT2D eigenvalue weighted by molar-refractivity contribution is 6.07. The number of anilines is 1. The molecule has 0 radical (unpaired) electrons. The minimum Gasteiger partial charge on any atom is -0.489 e. The number of pyridine rings is 3. The van der Waals surface area contributed by atoms with E-state index in [-0.39, 0.29) is 43.1 Å². The van der Waals surface area contributed by atoms with Crippen LogP contribution in [0.5, 0.6) is 11.6 Å². The summed E-state index contributed by atoms with van der Waals surface area (Å²) in [7, 11) is 1.65. The zero-order chi connectivity index (χ0) is 39.8. The fraction of sp³-hybridized carbons (Fsp3) is 0.244. The van der Waals surface area contributed by atoms with Crippen LogP contribution in [0, 0.1) is 11.8 Å². The van der Waals surface area contributed by atoms with Gasteiger partial charge >= 0.3 is 0 Å². The van der Waals surface area contributed by atoms with Gasteiger partial charge in [-0.05, 0) is 78.4 Å². The summed E-state index contributed by atoms with van der Waals surface area (Å²) < 4.78 is 17.7. The molecule has 4 aromatic heterocycles. The molecule has 6 heterocycles. The maximum absolute atomic E-state index is 13.0. The molecule has 1 atom stereocenters. The molecule has 3 amide bonds. The molecule has 13 nitrogen and oxygen atoms in total. The summed E-state index contributed by atoms with van der Waals surface area (Å²) in [6, 6.07) is 20.6. The number of hydrogen-bond acceptors (Lipinski definition) is 9. The summed E-state index contributed by atoms with van der Waals surface area (Å²) in [6.07, 6.45) is 9.83. The molecule has 1 saturated heterocycles. The molecule has 0 spiro atoms. The average Bonchev–Trinajstić information content (AvgIpc) is 3.76. The standard InChI is InChI=1S/C45H39N7O6/c1-27-5-13-41(44(54)49-27)52-25-30-18-32(9-12-36(30)45(52)55)51(2)43(53)26-56-17-3-4-31-8-10-33(23-47-31)57-34-20-35(21-34)58-42-14-7-29(22-48-42)28-6-11-37-38-24-46-16-15-39(38)50-40(37)19-28/h6-12,14-16,18-19,22-24,34-35,41,50H,1,5,13,17,20-21,25-26H2,2H3,(H,49,54). The fourth-order valence-corrected chi connectivity index (χ4v) is 7.55. The molecule has 0 bridgehead atoms. The van der Waals surface area contributed by atoms with Crippen molar-refractivity contribution < 1.29 is 28.6 Å². The Morgan fingerprint density at radius 1 is 0.931 bits per heavy atom. The largest absolute Gasteiger partial charge is 0.489 e.